The zero-order valence-corrected chi connectivity index (χ0v) is 12.2. The molecule has 3 nitrogen and oxygen atoms in total. The highest BCUT2D eigenvalue weighted by Crippen LogP contribution is 2.48. The van der Waals surface area contributed by atoms with E-state index in [2.05, 4.69) is 18.2 Å². The van der Waals surface area contributed by atoms with Gasteiger partial charge >= 0.3 is 0 Å². The highest BCUT2D eigenvalue weighted by molar-refractivity contribution is 6.27. The van der Waals surface area contributed by atoms with Gasteiger partial charge in [0.15, 0.2) is 11.5 Å². The average Bonchev–Trinajstić information content (AvgIpc) is 2.83. The Morgan fingerprint density at radius 3 is 2.52 bits per heavy atom. The van der Waals surface area contributed by atoms with Crippen LogP contribution in [-0.2, 0) is 0 Å². The van der Waals surface area contributed by atoms with Crippen LogP contribution < -0.4 is 9.47 Å². The van der Waals surface area contributed by atoms with Crippen molar-refractivity contribution in [3.05, 3.63) is 42.0 Å². The lowest BCUT2D eigenvalue weighted by Gasteiger charge is -2.14. The predicted octanol–water partition coefficient (Wildman–Crippen LogP) is 4.46. The second-order valence-corrected chi connectivity index (χ2v) is 5.22. The van der Waals surface area contributed by atoms with E-state index >= 15 is 0 Å². The van der Waals surface area contributed by atoms with Crippen molar-refractivity contribution in [2.24, 2.45) is 4.99 Å². The number of benzene rings is 3. The van der Waals surface area contributed by atoms with Gasteiger partial charge in [-0.1, -0.05) is 24.3 Å². The molecule has 0 aromatic heterocycles. The molecule has 4 rings (SSSR count). The summed E-state index contributed by atoms with van der Waals surface area (Å²) in [4.78, 5) is 4.70. The smallest absolute Gasteiger partial charge is 0.169 e. The van der Waals surface area contributed by atoms with Crippen molar-refractivity contribution >= 4 is 32.9 Å². The normalized spacial score (nSPS) is 12.8. The van der Waals surface area contributed by atoms with Gasteiger partial charge in [0, 0.05) is 22.0 Å². The molecule has 0 amide bonds. The lowest BCUT2D eigenvalue weighted by atomic mass is 9.96. The lowest BCUT2D eigenvalue weighted by Crippen LogP contribution is -1.97. The molecule has 1 heterocycles. The molecular weight excluding hydrogens is 262 g/mol. The van der Waals surface area contributed by atoms with E-state index in [1.165, 1.54) is 0 Å². The maximum absolute atomic E-state index is 5.65. The van der Waals surface area contributed by atoms with Gasteiger partial charge in [-0.2, -0.15) is 0 Å². The van der Waals surface area contributed by atoms with Gasteiger partial charge in [0.2, 0.25) is 0 Å². The van der Waals surface area contributed by atoms with E-state index < -0.39 is 0 Å². The van der Waals surface area contributed by atoms with Crippen molar-refractivity contribution in [3.8, 4) is 11.5 Å². The molecule has 3 heteroatoms. The molecule has 3 aromatic carbocycles. The molecule has 0 N–H and O–H groups in total. The van der Waals surface area contributed by atoms with Crippen LogP contribution in [-0.4, -0.2) is 19.9 Å². The van der Waals surface area contributed by atoms with E-state index in [0.29, 0.717) is 0 Å². The molecule has 0 bridgehead atoms. The molecule has 0 unspecified atom stereocenters. The Balaban J connectivity index is 2.33. The monoisotopic (exact) mass is 277 g/mol. The van der Waals surface area contributed by atoms with Gasteiger partial charge in [0.1, 0.15) is 0 Å². The highest BCUT2D eigenvalue weighted by atomic mass is 16.5. The first-order valence-electron chi connectivity index (χ1n) is 6.90. The molecule has 0 aliphatic carbocycles. The topological polar surface area (TPSA) is 30.8 Å². The maximum atomic E-state index is 5.65. The van der Waals surface area contributed by atoms with Crippen molar-refractivity contribution in [2.45, 2.75) is 6.92 Å². The van der Waals surface area contributed by atoms with Crippen LogP contribution in [0, 0.1) is 0 Å². The van der Waals surface area contributed by atoms with Crippen molar-refractivity contribution in [2.75, 3.05) is 14.2 Å². The van der Waals surface area contributed by atoms with Crippen LogP contribution in [0.2, 0.25) is 0 Å². The zero-order valence-electron chi connectivity index (χ0n) is 12.2. The molecule has 0 saturated heterocycles. The van der Waals surface area contributed by atoms with Crippen molar-refractivity contribution in [1.29, 1.82) is 0 Å². The van der Waals surface area contributed by atoms with E-state index in [1.807, 2.05) is 25.1 Å². The number of hydrogen-bond donors (Lipinski definition) is 0. The fourth-order valence-electron chi connectivity index (χ4n) is 3.20. The number of methoxy groups -OCH3 is 2. The van der Waals surface area contributed by atoms with Crippen molar-refractivity contribution in [1.82, 2.24) is 0 Å². The summed E-state index contributed by atoms with van der Waals surface area (Å²) in [6, 6.07) is 12.5. The van der Waals surface area contributed by atoms with Crippen LogP contribution in [0.1, 0.15) is 12.5 Å². The Hall–Kier alpha value is -2.55. The summed E-state index contributed by atoms with van der Waals surface area (Å²) in [5.41, 5.74) is 3.16. The van der Waals surface area contributed by atoms with Gasteiger partial charge in [-0.3, -0.25) is 4.99 Å². The summed E-state index contributed by atoms with van der Waals surface area (Å²) >= 11 is 0. The summed E-state index contributed by atoms with van der Waals surface area (Å²) in [6.45, 7) is 2.03. The number of hydrogen-bond acceptors (Lipinski definition) is 3. The first-order chi connectivity index (χ1) is 10.2. The van der Waals surface area contributed by atoms with Crippen LogP contribution in [0.25, 0.3) is 21.5 Å². The molecule has 1 aliphatic heterocycles. The third-order valence-electron chi connectivity index (χ3n) is 4.13. The molecule has 0 atom stereocenters. The van der Waals surface area contributed by atoms with Gasteiger partial charge in [0.25, 0.3) is 0 Å². The van der Waals surface area contributed by atoms with Gasteiger partial charge in [0.05, 0.1) is 19.9 Å². The van der Waals surface area contributed by atoms with Gasteiger partial charge in [-0.05, 0) is 29.8 Å². The Labute approximate surface area is 122 Å². The highest BCUT2D eigenvalue weighted by Gasteiger charge is 2.23. The lowest BCUT2D eigenvalue weighted by molar-refractivity contribution is 0.358. The molecule has 1 aliphatic rings. The standard InChI is InChI=1S/C18H15NO2/c1-10-13-9-15(20-2)18(21-3)17-12-7-5-4-6-11(12)8-14(19-10)16(13)17/h4-9H,1-3H3. The van der Waals surface area contributed by atoms with E-state index in [0.717, 1.165) is 50.0 Å². The molecule has 0 spiro atoms. The Bertz CT molecular complexity index is 926. The van der Waals surface area contributed by atoms with E-state index in [9.17, 15) is 0 Å². The number of aliphatic imine (C=N–C) groups is 1. The number of fused-ring (bicyclic) bond motifs is 2. The Morgan fingerprint density at radius 2 is 1.76 bits per heavy atom. The van der Waals surface area contributed by atoms with Gasteiger partial charge < -0.3 is 9.47 Å². The van der Waals surface area contributed by atoms with Gasteiger partial charge in [-0.15, -0.1) is 0 Å². The SMILES string of the molecule is COc1cc2c3c(cc4ccccc4c3c1OC)N=C2C. The molecule has 104 valence electrons. The summed E-state index contributed by atoms with van der Waals surface area (Å²) < 4.78 is 11.2. The average molecular weight is 277 g/mol. The van der Waals surface area contributed by atoms with E-state index in [1.54, 1.807) is 14.2 Å². The van der Waals surface area contributed by atoms with E-state index in [-0.39, 0.29) is 0 Å². The van der Waals surface area contributed by atoms with Crippen LogP contribution in [0.5, 0.6) is 11.5 Å². The molecule has 0 radical (unpaired) electrons. The van der Waals surface area contributed by atoms with Crippen LogP contribution in [0.15, 0.2) is 41.4 Å². The van der Waals surface area contributed by atoms with Gasteiger partial charge in [-0.25, -0.2) is 0 Å². The van der Waals surface area contributed by atoms with Crippen LogP contribution in [0.4, 0.5) is 5.69 Å². The molecular formula is C18H15NO2. The first-order valence-corrected chi connectivity index (χ1v) is 6.90. The second-order valence-electron chi connectivity index (χ2n) is 5.22. The fraction of sp³-hybridized carbons (Fsp3) is 0.167. The van der Waals surface area contributed by atoms with Crippen molar-refractivity contribution < 1.29 is 9.47 Å². The largest absolute Gasteiger partial charge is 0.493 e. The summed E-state index contributed by atoms with van der Waals surface area (Å²) in [6.07, 6.45) is 0. The fourth-order valence-corrected chi connectivity index (χ4v) is 3.20. The van der Waals surface area contributed by atoms with Crippen molar-refractivity contribution in [3.63, 3.8) is 0 Å². The number of nitrogens with zero attached hydrogens (tertiary/aromatic N) is 1. The van der Waals surface area contributed by atoms with E-state index in [4.69, 9.17) is 14.5 Å². The number of rotatable bonds is 2. The summed E-state index contributed by atoms with van der Waals surface area (Å²) in [5, 5.41) is 4.57. The molecule has 21 heavy (non-hydrogen) atoms. The third kappa shape index (κ3) is 1.51. The molecule has 0 saturated carbocycles. The Kier molecular flexibility index (Phi) is 2.45. The van der Waals surface area contributed by atoms with Crippen LogP contribution in [0.3, 0.4) is 0 Å². The quantitative estimate of drug-likeness (QED) is 0.647. The van der Waals surface area contributed by atoms with Crippen LogP contribution >= 0.6 is 0 Å². The zero-order chi connectivity index (χ0) is 14.6. The predicted molar refractivity (Wildman–Crippen MR) is 86.4 cm³/mol. The Morgan fingerprint density at radius 1 is 0.952 bits per heavy atom. The molecule has 0 fully saturated rings. The summed E-state index contributed by atoms with van der Waals surface area (Å²) in [7, 11) is 3.36. The minimum atomic E-state index is 0.749. The number of ether oxygens (including phenoxy) is 2. The third-order valence-corrected chi connectivity index (χ3v) is 4.13. The minimum Gasteiger partial charge on any atom is -0.493 e. The molecule has 3 aromatic rings. The summed E-state index contributed by atoms with van der Waals surface area (Å²) in [5.74, 6) is 1.53. The maximum Gasteiger partial charge on any atom is 0.169 e. The second kappa shape index (κ2) is 4.22. The minimum absolute atomic E-state index is 0.749. The first kappa shape index (κ1) is 12.2.